The van der Waals surface area contributed by atoms with Gasteiger partial charge < -0.3 is 5.32 Å². The normalized spacial score (nSPS) is 22.1. The van der Waals surface area contributed by atoms with Crippen molar-refractivity contribution in [2.45, 2.75) is 19.3 Å². The highest BCUT2D eigenvalue weighted by molar-refractivity contribution is 5.04. The summed E-state index contributed by atoms with van der Waals surface area (Å²) in [6.07, 6.45) is 4.63. The first-order valence-electron chi connectivity index (χ1n) is 4.06. The number of piperidine rings is 1. The number of rotatable bonds is 2. The predicted molar refractivity (Wildman–Crippen MR) is 45.0 cm³/mol. The van der Waals surface area contributed by atoms with Crippen molar-refractivity contribution in [1.29, 1.82) is 5.26 Å². The molecule has 0 aromatic rings. The number of hydrogen-bond donors (Lipinski definition) is 1. The van der Waals surface area contributed by atoms with Gasteiger partial charge in [0.15, 0.2) is 0 Å². The summed E-state index contributed by atoms with van der Waals surface area (Å²) >= 11 is 0. The van der Waals surface area contributed by atoms with Gasteiger partial charge in [-0.25, -0.2) is 0 Å². The van der Waals surface area contributed by atoms with Gasteiger partial charge in [0.05, 0.1) is 11.5 Å². The van der Waals surface area contributed by atoms with Crippen LogP contribution in [0.5, 0.6) is 0 Å². The zero-order chi connectivity index (χ0) is 8.16. The molecule has 1 saturated heterocycles. The minimum absolute atomic E-state index is 0.104. The summed E-state index contributed by atoms with van der Waals surface area (Å²) in [5, 5.41) is 12.2. The van der Waals surface area contributed by atoms with Crippen molar-refractivity contribution < 1.29 is 0 Å². The second-order valence-corrected chi connectivity index (χ2v) is 3.13. The van der Waals surface area contributed by atoms with Crippen LogP contribution in [-0.4, -0.2) is 13.1 Å². The van der Waals surface area contributed by atoms with Gasteiger partial charge in [-0.05, 0) is 32.4 Å². The van der Waals surface area contributed by atoms with Gasteiger partial charge in [0.1, 0.15) is 0 Å². The molecule has 0 aromatic heterocycles. The molecule has 0 unspecified atom stereocenters. The standard InChI is InChI=1S/C9H14N2/c1-2-3-9(8-10)4-6-11-7-5-9/h2,11H,1,3-7H2. The zero-order valence-electron chi connectivity index (χ0n) is 6.77. The summed E-state index contributed by atoms with van der Waals surface area (Å²) in [5.41, 5.74) is -0.104. The van der Waals surface area contributed by atoms with E-state index >= 15 is 0 Å². The Bertz CT molecular complexity index is 172. The maximum atomic E-state index is 8.95. The highest BCUT2D eigenvalue weighted by Crippen LogP contribution is 2.31. The lowest BCUT2D eigenvalue weighted by molar-refractivity contribution is 0.285. The van der Waals surface area contributed by atoms with Gasteiger partial charge in [-0.1, -0.05) is 6.08 Å². The topological polar surface area (TPSA) is 35.8 Å². The van der Waals surface area contributed by atoms with Crippen LogP contribution in [0.15, 0.2) is 12.7 Å². The zero-order valence-corrected chi connectivity index (χ0v) is 6.77. The Labute approximate surface area is 67.9 Å². The largest absolute Gasteiger partial charge is 0.317 e. The smallest absolute Gasteiger partial charge is 0.0694 e. The Morgan fingerprint density at radius 2 is 2.18 bits per heavy atom. The van der Waals surface area contributed by atoms with Crippen LogP contribution in [0.3, 0.4) is 0 Å². The fraction of sp³-hybridized carbons (Fsp3) is 0.667. The SMILES string of the molecule is C=CCC1(C#N)CCNCC1. The van der Waals surface area contributed by atoms with E-state index in [2.05, 4.69) is 18.0 Å². The minimum Gasteiger partial charge on any atom is -0.317 e. The van der Waals surface area contributed by atoms with E-state index in [9.17, 15) is 0 Å². The molecule has 1 aliphatic rings. The predicted octanol–water partition coefficient (Wildman–Crippen LogP) is 1.46. The molecule has 1 rings (SSSR count). The van der Waals surface area contributed by atoms with Crippen molar-refractivity contribution in [2.75, 3.05) is 13.1 Å². The second-order valence-electron chi connectivity index (χ2n) is 3.13. The molecule has 0 radical (unpaired) electrons. The van der Waals surface area contributed by atoms with E-state index < -0.39 is 0 Å². The second kappa shape index (κ2) is 3.54. The molecule has 2 nitrogen and oxygen atoms in total. The van der Waals surface area contributed by atoms with Crippen LogP contribution in [0.1, 0.15) is 19.3 Å². The molecule has 2 heteroatoms. The van der Waals surface area contributed by atoms with Gasteiger partial charge >= 0.3 is 0 Å². The van der Waals surface area contributed by atoms with E-state index in [1.54, 1.807) is 0 Å². The van der Waals surface area contributed by atoms with E-state index in [0.29, 0.717) is 0 Å². The van der Waals surface area contributed by atoms with Crippen molar-refractivity contribution in [3.63, 3.8) is 0 Å². The molecular weight excluding hydrogens is 136 g/mol. The number of nitriles is 1. The van der Waals surface area contributed by atoms with Gasteiger partial charge in [0.2, 0.25) is 0 Å². The minimum atomic E-state index is -0.104. The van der Waals surface area contributed by atoms with Gasteiger partial charge in [0, 0.05) is 0 Å². The van der Waals surface area contributed by atoms with E-state index in [0.717, 1.165) is 32.4 Å². The van der Waals surface area contributed by atoms with Crippen LogP contribution in [0.2, 0.25) is 0 Å². The van der Waals surface area contributed by atoms with Gasteiger partial charge in [0.25, 0.3) is 0 Å². The molecule has 0 aromatic carbocycles. The lowest BCUT2D eigenvalue weighted by Gasteiger charge is -2.29. The highest BCUT2D eigenvalue weighted by atomic mass is 14.9. The average molecular weight is 150 g/mol. The average Bonchev–Trinajstić information content (AvgIpc) is 2.07. The number of nitrogens with zero attached hydrogens (tertiary/aromatic N) is 1. The van der Waals surface area contributed by atoms with Crippen LogP contribution >= 0.6 is 0 Å². The van der Waals surface area contributed by atoms with E-state index in [1.807, 2.05) is 6.08 Å². The summed E-state index contributed by atoms with van der Waals surface area (Å²) in [6.45, 7) is 5.62. The van der Waals surface area contributed by atoms with Crippen LogP contribution in [0.25, 0.3) is 0 Å². The van der Waals surface area contributed by atoms with E-state index in [1.165, 1.54) is 0 Å². The van der Waals surface area contributed by atoms with E-state index in [4.69, 9.17) is 5.26 Å². The fourth-order valence-corrected chi connectivity index (χ4v) is 1.54. The van der Waals surface area contributed by atoms with Crippen LogP contribution in [-0.2, 0) is 0 Å². The summed E-state index contributed by atoms with van der Waals surface area (Å²) in [6, 6.07) is 2.41. The molecule has 60 valence electrons. The molecular formula is C9H14N2. The van der Waals surface area contributed by atoms with Crippen molar-refractivity contribution in [2.24, 2.45) is 5.41 Å². The lowest BCUT2D eigenvalue weighted by Crippen LogP contribution is -2.35. The molecule has 0 spiro atoms. The number of allylic oxidation sites excluding steroid dienone is 1. The first-order valence-corrected chi connectivity index (χ1v) is 4.06. The molecule has 11 heavy (non-hydrogen) atoms. The summed E-state index contributed by atoms with van der Waals surface area (Å²) in [4.78, 5) is 0. The summed E-state index contributed by atoms with van der Waals surface area (Å²) in [7, 11) is 0. The third-order valence-electron chi connectivity index (χ3n) is 2.33. The molecule has 0 bridgehead atoms. The maximum Gasteiger partial charge on any atom is 0.0694 e. The van der Waals surface area contributed by atoms with Crippen molar-refractivity contribution >= 4 is 0 Å². The van der Waals surface area contributed by atoms with E-state index in [-0.39, 0.29) is 5.41 Å². The summed E-state index contributed by atoms with van der Waals surface area (Å²) < 4.78 is 0. The van der Waals surface area contributed by atoms with Crippen molar-refractivity contribution in [3.8, 4) is 6.07 Å². The molecule has 1 aliphatic heterocycles. The number of nitrogens with one attached hydrogen (secondary N) is 1. The Hall–Kier alpha value is -0.810. The van der Waals surface area contributed by atoms with Gasteiger partial charge in [-0.15, -0.1) is 6.58 Å². The van der Waals surface area contributed by atoms with Crippen molar-refractivity contribution in [1.82, 2.24) is 5.32 Å². The third-order valence-corrected chi connectivity index (χ3v) is 2.33. The highest BCUT2D eigenvalue weighted by Gasteiger charge is 2.30. The Morgan fingerprint density at radius 1 is 1.55 bits per heavy atom. The Balaban J connectivity index is 2.58. The quantitative estimate of drug-likeness (QED) is 0.605. The van der Waals surface area contributed by atoms with Gasteiger partial charge in [-0.3, -0.25) is 0 Å². The fourth-order valence-electron chi connectivity index (χ4n) is 1.54. The lowest BCUT2D eigenvalue weighted by atomic mass is 9.78. The Morgan fingerprint density at radius 3 is 2.64 bits per heavy atom. The first kappa shape index (κ1) is 8.29. The molecule has 0 amide bonds. The molecule has 1 heterocycles. The van der Waals surface area contributed by atoms with Gasteiger partial charge in [-0.2, -0.15) is 5.26 Å². The third kappa shape index (κ3) is 1.81. The first-order chi connectivity index (χ1) is 5.33. The Kier molecular flexibility index (Phi) is 2.67. The summed E-state index contributed by atoms with van der Waals surface area (Å²) in [5.74, 6) is 0. The maximum absolute atomic E-state index is 8.95. The van der Waals surface area contributed by atoms with Crippen LogP contribution < -0.4 is 5.32 Å². The molecule has 1 N–H and O–H groups in total. The van der Waals surface area contributed by atoms with Crippen LogP contribution in [0.4, 0.5) is 0 Å². The van der Waals surface area contributed by atoms with Crippen molar-refractivity contribution in [3.05, 3.63) is 12.7 Å². The number of hydrogen-bond acceptors (Lipinski definition) is 2. The molecule has 1 fully saturated rings. The molecule has 0 atom stereocenters. The molecule has 0 aliphatic carbocycles. The van der Waals surface area contributed by atoms with Crippen LogP contribution in [0, 0.1) is 16.7 Å². The molecule has 0 saturated carbocycles. The monoisotopic (exact) mass is 150 g/mol.